The SMILES string of the molecule is C=C[C@H](NS(=O)(=O)/C=C/c1nn(Cc2ccccc2)c2c1CS(=O)(=O)CC2)C1CCCCC1. The van der Waals surface area contributed by atoms with E-state index >= 15 is 0 Å². The monoisotopic (exact) mass is 489 g/mol. The standard InChI is InChI=1S/C24H31N3O4S2/c1-2-22(20-11-7-4-8-12-20)26-33(30,31)16-13-23-21-18-32(28,29)15-14-24(21)27(25-23)17-19-9-5-3-6-10-19/h2-3,5-6,9-10,13,16,20,22,26H,1,4,7-8,11-12,14-15,17-18H2/b16-13+/t22-/m0/s1. The number of hydrogen-bond acceptors (Lipinski definition) is 5. The Morgan fingerprint density at radius 2 is 1.91 bits per heavy atom. The molecule has 1 aliphatic carbocycles. The van der Waals surface area contributed by atoms with Crippen LogP contribution in [0.2, 0.25) is 0 Å². The molecule has 0 amide bonds. The Hall–Kier alpha value is -2.23. The van der Waals surface area contributed by atoms with Gasteiger partial charge in [0.1, 0.15) is 0 Å². The first-order valence-electron chi connectivity index (χ1n) is 11.4. The average Bonchev–Trinajstić information content (AvgIpc) is 3.12. The highest BCUT2D eigenvalue weighted by Gasteiger charge is 2.29. The Morgan fingerprint density at radius 3 is 2.61 bits per heavy atom. The second kappa shape index (κ2) is 9.95. The number of benzene rings is 1. The van der Waals surface area contributed by atoms with Crippen LogP contribution in [0.3, 0.4) is 0 Å². The van der Waals surface area contributed by atoms with Crippen molar-refractivity contribution in [2.75, 3.05) is 5.75 Å². The summed E-state index contributed by atoms with van der Waals surface area (Å²) in [6, 6.07) is 9.47. The molecule has 2 aromatic rings. The molecule has 0 bridgehead atoms. The van der Waals surface area contributed by atoms with Crippen LogP contribution in [0.15, 0.2) is 48.4 Å². The van der Waals surface area contributed by atoms with Crippen molar-refractivity contribution in [1.29, 1.82) is 0 Å². The lowest BCUT2D eigenvalue weighted by atomic mass is 9.84. The molecular formula is C24H31N3O4S2. The van der Waals surface area contributed by atoms with Crippen molar-refractivity contribution < 1.29 is 16.8 Å². The summed E-state index contributed by atoms with van der Waals surface area (Å²) in [5.41, 5.74) is 2.88. The van der Waals surface area contributed by atoms with Crippen LogP contribution in [-0.4, -0.2) is 38.4 Å². The molecule has 0 saturated heterocycles. The fraction of sp³-hybridized carbons (Fsp3) is 0.458. The van der Waals surface area contributed by atoms with Gasteiger partial charge in [-0.05, 0) is 30.4 Å². The van der Waals surface area contributed by atoms with Crippen LogP contribution in [-0.2, 0) is 38.6 Å². The minimum absolute atomic E-state index is 0.0753. The Morgan fingerprint density at radius 1 is 1.18 bits per heavy atom. The molecule has 178 valence electrons. The van der Waals surface area contributed by atoms with Crippen molar-refractivity contribution in [2.45, 2.75) is 56.9 Å². The van der Waals surface area contributed by atoms with Crippen LogP contribution in [0.5, 0.6) is 0 Å². The minimum Gasteiger partial charge on any atom is -0.264 e. The highest BCUT2D eigenvalue weighted by Crippen LogP contribution is 2.28. The van der Waals surface area contributed by atoms with Crippen LogP contribution in [0.1, 0.15) is 54.6 Å². The zero-order valence-corrected chi connectivity index (χ0v) is 20.3. The summed E-state index contributed by atoms with van der Waals surface area (Å²) in [6.45, 7) is 4.32. The molecule has 1 atom stereocenters. The van der Waals surface area contributed by atoms with E-state index in [0.717, 1.165) is 42.3 Å². The van der Waals surface area contributed by atoms with E-state index in [4.69, 9.17) is 0 Å². The van der Waals surface area contributed by atoms with Gasteiger partial charge < -0.3 is 0 Å². The molecule has 1 aromatic carbocycles. The van der Waals surface area contributed by atoms with Crippen LogP contribution < -0.4 is 4.72 Å². The Kier molecular flexibility index (Phi) is 7.21. The molecule has 7 nitrogen and oxygen atoms in total. The smallest absolute Gasteiger partial charge is 0.234 e. The van der Waals surface area contributed by atoms with Crippen molar-refractivity contribution in [3.8, 4) is 0 Å². The van der Waals surface area contributed by atoms with E-state index in [-0.39, 0.29) is 23.5 Å². The number of sulfonamides is 1. The van der Waals surface area contributed by atoms with Gasteiger partial charge in [-0.2, -0.15) is 5.10 Å². The Labute approximate surface area is 196 Å². The number of rotatable bonds is 8. The minimum atomic E-state index is -3.75. The van der Waals surface area contributed by atoms with Gasteiger partial charge in [0.05, 0.1) is 23.7 Å². The lowest BCUT2D eigenvalue weighted by molar-refractivity contribution is 0.320. The van der Waals surface area contributed by atoms with Crippen molar-refractivity contribution in [3.05, 3.63) is 70.9 Å². The molecule has 1 aromatic heterocycles. The third-order valence-corrected chi connectivity index (χ3v) is 9.15. The molecule has 1 aliphatic heterocycles. The molecule has 2 aliphatic rings. The summed E-state index contributed by atoms with van der Waals surface area (Å²) in [6.07, 6.45) is 8.83. The summed E-state index contributed by atoms with van der Waals surface area (Å²) in [5, 5.41) is 5.70. The van der Waals surface area contributed by atoms with Crippen LogP contribution >= 0.6 is 0 Å². The van der Waals surface area contributed by atoms with Gasteiger partial charge in [0.25, 0.3) is 0 Å². The molecule has 1 N–H and O–H groups in total. The number of nitrogens with one attached hydrogen (secondary N) is 1. The molecule has 9 heteroatoms. The molecule has 0 unspecified atom stereocenters. The van der Waals surface area contributed by atoms with E-state index in [2.05, 4.69) is 16.4 Å². The van der Waals surface area contributed by atoms with Gasteiger partial charge in [-0.15, -0.1) is 6.58 Å². The van der Waals surface area contributed by atoms with Crippen molar-refractivity contribution in [3.63, 3.8) is 0 Å². The first-order chi connectivity index (χ1) is 15.8. The number of nitrogens with zero attached hydrogens (tertiary/aromatic N) is 2. The summed E-state index contributed by atoms with van der Waals surface area (Å²) < 4.78 is 54.7. The second-order valence-corrected chi connectivity index (χ2v) is 12.7. The van der Waals surface area contributed by atoms with Gasteiger partial charge in [0.15, 0.2) is 9.84 Å². The zero-order chi connectivity index (χ0) is 23.5. The molecule has 0 spiro atoms. The molecular weight excluding hydrogens is 458 g/mol. The predicted molar refractivity (Wildman–Crippen MR) is 131 cm³/mol. The number of hydrogen-bond donors (Lipinski definition) is 1. The first-order valence-corrected chi connectivity index (χ1v) is 14.8. The van der Waals surface area contributed by atoms with Gasteiger partial charge in [0.2, 0.25) is 10.0 Å². The van der Waals surface area contributed by atoms with Gasteiger partial charge in [-0.1, -0.05) is 55.7 Å². The molecule has 1 fully saturated rings. The summed E-state index contributed by atoms with van der Waals surface area (Å²) >= 11 is 0. The Balaban J connectivity index is 1.59. The maximum Gasteiger partial charge on any atom is 0.234 e. The first kappa shape index (κ1) is 23.9. The quantitative estimate of drug-likeness (QED) is 0.573. The van der Waals surface area contributed by atoms with Crippen molar-refractivity contribution in [2.24, 2.45) is 5.92 Å². The third-order valence-electron chi connectivity index (χ3n) is 6.50. The van der Waals surface area contributed by atoms with E-state index in [0.29, 0.717) is 24.2 Å². The molecule has 0 radical (unpaired) electrons. The van der Waals surface area contributed by atoms with E-state index in [1.165, 1.54) is 12.5 Å². The van der Waals surface area contributed by atoms with E-state index < -0.39 is 19.9 Å². The fourth-order valence-electron chi connectivity index (χ4n) is 4.77. The largest absolute Gasteiger partial charge is 0.264 e. The van der Waals surface area contributed by atoms with Gasteiger partial charge >= 0.3 is 0 Å². The van der Waals surface area contributed by atoms with Gasteiger partial charge in [-0.3, -0.25) is 4.68 Å². The average molecular weight is 490 g/mol. The van der Waals surface area contributed by atoms with Crippen LogP contribution in [0.4, 0.5) is 0 Å². The van der Waals surface area contributed by atoms with Crippen LogP contribution in [0.25, 0.3) is 6.08 Å². The highest BCUT2D eigenvalue weighted by atomic mass is 32.2. The fourth-order valence-corrected chi connectivity index (χ4v) is 7.23. The highest BCUT2D eigenvalue weighted by molar-refractivity contribution is 7.92. The van der Waals surface area contributed by atoms with Gasteiger partial charge in [-0.25, -0.2) is 21.6 Å². The zero-order valence-electron chi connectivity index (χ0n) is 18.7. The maximum atomic E-state index is 12.8. The van der Waals surface area contributed by atoms with E-state index in [1.807, 2.05) is 30.3 Å². The molecule has 1 saturated carbocycles. The predicted octanol–water partition coefficient (Wildman–Crippen LogP) is 3.43. The van der Waals surface area contributed by atoms with E-state index in [9.17, 15) is 16.8 Å². The van der Waals surface area contributed by atoms with Crippen molar-refractivity contribution in [1.82, 2.24) is 14.5 Å². The normalized spacial score (nSPS) is 19.9. The lowest BCUT2D eigenvalue weighted by Gasteiger charge is -2.28. The van der Waals surface area contributed by atoms with E-state index in [1.54, 1.807) is 10.8 Å². The third kappa shape index (κ3) is 6.02. The molecule has 33 heavy (non-hydrogen) atoms. The second-order valence-electron chi connectivity index (χ2n) is 8.92. The topological polar surface area (TPSA) is 98.1 Å². The summed E-state index contributed by atoms with van der Waals surface area (Å²) in [7, 11) is -6.98. The Bertz CT molecular complexity index is 1230. The number of fused-ring (bicyclic) bond motifs is 1. The maximum absolute atomic E-state index is 12.8. The lowest BCUT2D eigenvalue weighted by Crippen LogP contribution is -2.38. The van der Waals surface area contributed by atoms with Crippen molar-refractivity contribution >= 4 is 25.9 Å². The number of sulfone groups is 1. The molecule has 4 rings (SSSR count). The summed E-state index contributed by atoms with van der Waals surface area (Å²) in [4.78, 5) is 0. The number of aromatic nitrogens is 2. The van der Waals surface area contributed by atoms with Gasteiger partial charge in [0, 0.05) is 29.1 Å². The molecule has 2 heterocycles. The van der Waals surface area contributed by atoms with Crippen LogP contribution in [0, 0.1) is 5.92 Å². The summed E-state index contributed by atoms with van der Waals surface area (Å²) in [5.74, 6) is 0.204.